The Kier molecular flexibility index (Phi) is 5.25. The van der Waals surface area contributed by atoms with E-state index in [1.54, 1.807) is 6.07 Å². The van der Waals surface area contributed by atoms with Crippen molar-refractivity contribution in [3.63, 3.8) is 0 Å². The number of rotatable bonds is 4. The summed E-state index contributed by atoms with van der Waals surface area (Å²) in [5, 5.41) is 14.6. The Bertz CT molecular complexity index is 763. The molecule has 2 unspecified atom stereocenters. The van der Waals surface area contributed by atoms with Crippen LogP contribution in [0.25, 0.3) is 0 Å². The predicted molar refractivity (Wildman–Crippen MR) is 95.5 cm³/mol. The van der Waals surface area contributed by atoms with Crippen LogP contribution >= 0.6 is 11.6 Å². The molecule has 2 fully saturated rings. The van der Waals surface area contributed by atoms with E-state index in [-0.39, 0.29) is 18.0 Å². The molecular weight excluding hydrogens is 357 g/mol. The highest BCUT2D eigenvalue weighted by Gasteiger charge is 2.39. The van der Waals surface area contributed by atoms with E-state index in [1.165, 1.54) is 31.4 Å². The number of benzene rings is 1. The van der Waals surface area contributed by atoms with Crippen molar-refractivity contribution < 1.29 is 14.0 Å². The van der Waals surface area contributed by atoms with Crippen LogP contribution in [0.5, 0.6) is 0 Å². The Balaban J connectivity index is 1.50. The number of hydrogen-bond acceptors (Lipinski definition) is 5. The summed E-state index contributed by atoms with van der Waals surface area (Å²) in [4.78, 5) is 6.89. The van der Waals surface area contributed by atoms with Crippen LogP contribution in [0, 0.1) is 5.82 Å². The Labute approximate surface area is 157 Å². The lowest BCUT2D eigenvalue weighted by Gasteiger charge is -2.33. The van der Waals surface area contributed by atoms with Crippen LogP contribution < -0.4 is 0 Å². The fraction of sp³-hybridized carbons (Fsp3) is 0.579. The lowest BCUT2D eigenvalue weighted by atomic mass is 9.94. The minimum absolute atomic E-state index is 0.0296. The molecular formula is C19H23ClFN3O2. The smallest absolute Gasteiger partial charge is 0.244 e. The summed E-state index contributed by atoms with van der Waals surface area (Å²) < 4.78 is 18.7. The monoisotopic (exact) mass is 379 g/mol. The molecule has 26 heavy (non-hydrogen) atoms. The molecule has 1 aliphatic carbocycles. The van der Waals surface area contributed by atoms with E-state index in [2.05, 4.69) is 15.0 Å². The Morgan fingerprint density at radius 1 is 1.27 bits per heavy atom. The van der Waals surface area contributed by atoms with Gasteiger partial charge >= 0.3 is 0 Å². The van der Waals surface area contributed by atoms with Crippen LogP contribution in [0.15, 0.2) is 22.7 Å². The fourth-order valence-electron chi connectivity index (χ4n) is 4.21. The van der Waals surface area contributed by atoms with Crippen molar-refractivity contribution >= 4 is 11.6 Å². The zero-order valence-corrected chi connectivity index (χ0v) is 15.3. The van der Waals surface area contributed by atoms with Gasteiger partial charge in [-0.25, -0.2) is 4.39 Å². The lowest BCUT2D eigenvalue weighted by Crippen LogP contribution is -2.37. The molecule has 1 saturated heterocycles. The third kappa shape index (κ3) is 3.77. The zero-order valence-electron chi connectivity index (χ0n) is 14.6. The molecule has 1 aromatic carbocycles. The molecule has 140 valence electrons. The van der Waals surface area contributed by atoms with Gasteiger partial charge in [0, 0.05) is 24.0 Å². The minimum Gasteiger partial charge on any atom is -0.392 e. The Hall–Kier alpha value is -1.50. The van der Waals surface area contributed by atoms with Gasteiger partial charge in [0.2, 0.25) is 5.89 Å². The summed E-state index contributed by atoms with van der Waals surface area (Å²) in [6.45, 7) is 0.664. The molecule has 5 nitrogen and oxygen atoms in total. The number of likely N-dealkylation sites (tertiary alicyclic amines) is 1. The molecule has 2 aliphatic rings. The van der Waals surface area contributed by atoms with Crippen LogP contribution in [-0.4, -0.2) is 38.8 Å². The second-order valence-corrected chi connectivity index (χ2v) is 7.76. The summed E-state index contributed by atoms with van der Waals surface area (Å²) >= 11 is 6.09. The first-order valence-electron chi connectivity index (χ1n) is 9.30. The normalized spacial score (nSPS) is 25.0. The lowest BCUT2D eigenvalue weighted by molar-refractivity contribution is 0.110. The molecule has 1 aliphatic heterocycles. The van der Waals surface area contributed by atoms with Crippen LogP contribution in [0.3, 0.4) is 0 Å². The summed E-state index contributed by atoms with van der Waals surface area (Å²) in [5.41, 5.74) is 0.760. The molecule has 1 aromatic heterocycles. The molecule has 2 atom stereocenters. The highest BCUT2D eigenvalue weighted by atomic mass is 35.5. The van der Waals surface area contributed by atoms with Crippen LogP contribution in [0.2, 0.25) is 5.02 Å². The van der Waals surface area contributed by atoms with Crippen molar-refractivity contribution in [2.45, 2.75) is 63.1 Å². The van der Waals surface area contributed by atoms with E-state index in [0.29, 0.717) is 42.2 Å². The number of aliphatic hydroxyl groups is 1. The second kappa shape index (κ2) is 7.62. The van der Waals surface area contributed by atoms with Crippen molar-refractivity contribution in [3.8, 4) is 0 Å². The van der Waals surface area contributed by atoms with Gasteiger partial charge in [0.05, 0.1) is 12.1 Å². The SMILES string of the molecule is OC1CC(c2nc(Cc3ccc(F)cc3Cl)no2)N(C2CCCCC2)C1. The maximum atomic E-state index is 13.2. The van der Waals surface area contributed by atoms with Gasteiger partial charge in [0.15, 0.2) is 5.82 Å². The third-order valence-electron chi connectivity index (χ3n) is 5.49. The van der Waals surface area contributed by atoms with Gasteiger partial charge < -0.3 is 9.63 Å². The Morgan fingerprint density at radius 3 is 2.85 bits per heavy atom. The predicted octanol–water partition coefficient (Wildman–Crippen LogP) is 3.89. The number of aromatic nitrogens is 2. The molecule has 4 rings (SSSR count). The maximum Gasteiger partial charge on any atom is 0.244 e. The van der Waals surface area contributed by atoms with Gasteiger partial charge in [-0.05, 0) is 37.0 Å². The van der Waals surface area contributed by atoms with Crippen molar-refractivity contribution in [1.29, 1.82) is 0 Å². The molecule has 0 radical (unpaired) electrons. The van der Waals surface area contributed by atoms with Gasteiger partial charge in [0.25, 0.3) is 0 Å². The topological polar surface area (TPSA) is 62.4 Å². The summed E-state index contributed by atoms with van der Waals surface area (Å²) in [6, 6.07) is 4.75. The first-order valence-corrected chi connectivity index (χ1v) is 9.68. The van der Waals surface area contributed by atoms with Crippen molar-refractivity contribution in [3.05, 3.63) is 46.3 Å². The maximum absolute atomic E-state index is 13.2. The number of β-amino-alcohol motifs (C(OH)–C–C–N with tert-alkyl or cyclic N) is 1. The highest BCUT2D eigenvalue weighted by molar-refractivity contribution is 6.31. The van der Waals surface area contributed by atoms with E-state index in [9.17, 15) is 9.50 Å². The van der Waals surface area contributed by atoms with E-state index in [1.807, 2.05) is 0 Å². The number of hydrogen-bond donors (Lipinski definition) is 1. The molecule has 1 N–H and O–H groups in total. The first kappa shape index (κ1) is 17.9. The molecule has 2 aromatic rings. The molecule has 7 heteroatoms. The largest absolute Gasteiger partial charge is 0.392 e. The molecule has 1 saturated carbocycles. The van der Waals surface area contributed by atoms with Gasteiger partial charge in [-0.1, -0.05) is 42.1 Å². The molecule has 0 spiro atoms. The van der Waals surface area contributed by atoms with Gasteiger partial charge in [-0.15, -0.1) is 0 Å². The highest BCUT2D eigenvalue weighted by Crippen LogP contribution is 2.37. The van der Waals surface area contributed by atoms with E-state index in [4.69, 9.17) is 16.1 Å². The average molecular weight is 380 g/mol. The standard InChI is InChI=1S/C19H23ClFN3O2/c20-16-9-13(21)7-6-12(16)8-18-22-19(26-23-18)17-10-15(25)11-24(17)14-4-2-1-3-5-14/h6-7,9,14-15,17,25H,1-5,8,10-11H2. The van der Waals surface area contributed by atoms with E-state index < -0.39 is 0 Å². The van der Waals surface area contributed by atoms with Crippen LogP contribution in [0.4, 0.5) is 4.39 Å². The third-order valence-corrected chi connectivity index (χ3v) is 5.85. The van der Waals surface area contributed by atoms with E-state index >= 15 is 0 Å². The Morgan fingerprint density at radius 2 is 2.08 bits per heavy atom. The second-order valence-electron chi connectivity index (χ2n) is 7.36. The summed E-state index contributed by atoms with van der Waals surface area (Å²) in [7, 11) is 0. The number of halogens is 2. The fourth-order valence-corrected chi connectivity index (χ4v) is 4.44. The van der Waals surface area contributed by atoms with Crippen LogP contribution in [-0.2, 0) is 6.42 Å². The summed E-state index contributed by atoms with van der Waals surface area (Å²) in [6.07, 6.45) is 6.75. The quantitative estimate of drug-likeness (QED) is 0.873. The van der Waals surface area contributed by atoms with Crippen LogP contribution in [0.1, 0.15) is 61.8 Å². The van der Waals surface area contributed by atoms with E-state index in [0.717, 1.165) is 18.4 Å². The van der Waals surface area contributed by atoms with Gasteiger partial charge in [-0.2, -0.15) is 4.98 Å². The minimum atomic E-state index is -0.365. The first-order chi connectivity index (χ1) is 12.6. The van der Waals surface area contributed by atoms with Gasteiger partial charge in [-0.3, -0.25) is 4.90 Å². The molecule has 0 amide bonds. The van der Waals surface area contributed by atoms with Gasteiger partial charge in [0.1, 0.15) is 5.82 Å². The average Bonchev–Trinajstić information content (AvgIpc) is 3.24. The number of nitrogens with zero attached hydrogens (tertiary/aromatic N) is 3. The molecule has 2 heterocycles. The van der Waals surface area contributed by atoms with Crippen molar-refractivity contribution in [2.75, 3.05) is 6.54 Å². The van der Waals surface area contributed by atoms with Crippen molar-refractivity contribution in [2.24, 2.45) is 0 Å². The molecule has 0 bridgehead atoms. The zero-order chi connectivity index (χ0) is 18.1. The van der Waals surface area contributed by atoms with Crippen molar-refractivity contribution in [1.82, 2.24) is 15.0 Å². The number of aliphatic hydroxyl groups excluding tert-OH is 1. The summed E-state index contributed by atoms with van der Waals surface area (Å²) in [5.74, 6) is 0.717.